The van der Waals surface area contributed by atoms with Crippen molar-refractivity contribution >= 4 is 23.9 Å². The van der Waals surface area contributed by atoms with Gasteiger partial charge in [0.15, 0.2) is 11.6 Å². The lowest BCUT2D eigenvalue weighted by Gasteiger charge is -2.44. The molecule has 0 saturated carbocycles. The molecule has 31 heavy (non-hydrogen) atoms. The van der Waals surface area contributed by atoms with Crippen molar-refractivity contribution in [2.75, 3.05) is 25.0 Å². The Bertz CT molecular complexity index is 1060. The second-order valence-corrected chi connectivity index (χ2v) is 7.30. The maximum absolute atomic E-state index is 14.8. The minimum atomic E-state index is -1.45. The molecule has 1 fully saturated rings. The van der Waals surface area contributed by atoms with E-state index in [0.29, 0.717) is 11.8 Å². The van der Waals surface area contributed by atoms with Gasteiger partial charge in [0.25, 0.3) is 0 Å². The summed E-state index contributed by atoms with van der Waals surface area (Å²) in [7, 11) is 1.22. The van der Waals surface area contributed by atoms with Crippen LogP contribution in [-0.4, -0.2) is 48.8 Å². The van der Waals surface area contributed by atoms with Gasteiger partial charge < -0.3 is 15.0 Å². The quantitative estimate of drug-likeness (QED) is 0.607. The summed E-state index contributed by atoms with van der Waals surface area (Å²) < 4.78 is 29.6. The molecule has 160 valence electrons. The van der Waals surface area contributed by atoms with Gasteiger partial charge in [0.05, 0.1) is 0 Å². The van der Waals surface area contributed by atoms with Crippen molar-refractivity contribution in [3.63, 3.8) is 0 Å². The second-order valence-electron chi connectivity index (χ2n) is 7.30. The molecule has 1 aliphatic rings. The summed E-state index contributed by atoms with van der Waals surface area (Å²) in [6.45, 7) is 1.71. The number of urea groups is 1. The summed E-state index contributed by atoms with van der Waals surface area (Å²) in [5.41, 5.74) is -1.20. The summed E-state index contributed by atoms with van der Waals surface area (Å²) in [4.78, 5) is 38.4. The molecular formula is C23H21F2N3O3. The Balaban J connectivity index is 1.90. The Labute approximate surface area is 178 Å². The normalized spacial score (nSPS) is 17.9. The van der Waals surface area contributed by atoms with Crippen LogP contribution in [0.3, 0.4) is 0 Å². The van der Waals surface area contributed by atoms with E-state index in [1.165, 1.54) is 14.0 Å². The molecule has 6 nitrogen and oxygen atoms in total. The third kappa shape index (κ3) is 4.40. The highest BCUT2D eigenvalue weighted by molar-refractivity contribution is 5.99. The van der Waals surface area contributed by atoms with Crippen molar-refractivity contribution in [2.45, 2.75) is 18.9 Å². The van der Waals surface area contributed by atoms with Gasteiger partial charge in [-0.25, -0.2) is 13.6 Å². The van der Waals surface area contributed by atoms with Gasteiger partial charge in [-0.05, 0) is 31.2 Å². The molecule has 1 unspecified atom stereocenters. The van der Waals surface area contributed by atoms with Gasteiger partial charge in [0, 0.05) is 37.7 Å². The molecule has 3 amide bonds. The summed E-state index contributed by atoms with van der Waals surface area (Å²) in [6, 6.07) is 10.3. The van der Waals surface area contributed by atoms with Crippen molar-refractivity contribution in [3.05, 3.63) is 65.2 Å². The highest BCUT2D eigenvalue weighted by Crippen LogP contribution is 2.28. The SMILES string of the molecule is CN(C(=O)N1CCNC(=O)C1(C)CC=O)c1c(F)cc(C#Cc2ccccc2)cc1F. The minimum absolute atomic E-state index is 0.100. The predicted molar refractivity (Wildman–Crippen MR) is 111 cm³/mol. The number of carbonyl (C=O) groups is 3. The number of nitrogens with zero attached hydrogens (tertiary/aromatic N) is 2. The highest BCUT2D eigenvalue weighted by Gasteiger charge is 2.45. The number of amides is 3. The topological polar surface area (TPSA) is 69.7 Å². The number of carbonyl (C=O) groups excluding carboxylic acids is 3. The smallest absolute Gasteiger partial charge is 0.325 e. The third-order valence-corrected chi connectivity index (χ3v) is 5.18. The fourth-order valence-corrected chi connectivity index (χ4v) is 3.41. The molecule has 0 bridgehead atoms. The van der Waals surface area contributed by atoms with Gasteiger partial charge in [-0.1, -0.05) is 30.0 Å². The summed E-state index contributed by atoms with van der Waals surface area (Å²) in [5, 5.41) is 2.61. The number of piperazine rings is 1. The largest absolute Gasteiger partial charge is 0.352 e. The van der Waals surface area contributed by atoms with E-state index in [9.17, 15) is 23.2 Å². The van der Waals surface area contributed by atoms with Crippen molar-refractivity contribution < 1.29 is 23.2 Å². The van der Waals surface area contributed by atoms with Crippen LogP contribution in [0.1, 0.15) is 24.5 Å². The van der Waals surface area contributed by atoms with Crippen LogP contribution in [0, 0.1) is 23.5 Å². The van der Waals surface area contributed by atoms with Gasteiger partial charge in [0.1, 0.15) is 17.5 Å². The number of rotatable bonds is 3. The molecule has 1 atom stereocenters. The van der Waals surface area contributed by atoms with Crippen molar-refractivity contribution in [1.82, 2.24) is 10.2 Å². The molecular weight excluding hydrogens is 404 g/mol. The van der Waals surface area contributed by atoms with Crippen LogP contribution in [0.5, 0.6) is 0 Å². The number of nitrogens with one attached hydrogen (secondary N) is 1. The van der Waals surface area contributed by atoms with Gasteiger partial charge in [-0.2, -0.15) is 0 Å². The van der Waals surface area contributed by atoms with Crippen LogP contribution < -0.4 is 10.2 Å². The molecule has 2 aromatic rings. The van der Waals surface area contributed by atoms with Gasteiger partial charge in [-0.3, -0.25) is 9.69 Å². The minimum Gasteiger partial charge on any atom is -0.352 e. The lowest BCUT2D eigenvalue weighted by atomic mass is 9.93. The third-order valence-electron chi connectivity index (χ3n) is 5.18. The molecule has 0 spiro atoms. The van der Waals surface area contributed by atoms with Crippen molar-refractivity contribution in [1.29, 1.82) is 0 Å². The number of hydrogen-bond donors (Lipinski definition) is 1. The Morgan fingerprint density at radius 2 is 1.81 bits per heavy atom. The molecule has 0 radical (unpaired) electrons. The molecule has 2 aromatic carbocycles. The number of hydrogen-bond acceptors (Lipinski definition) is 3. The van der Waals surface area contributed by atoms with Crippen LogP contribution in [-0.2, 0) is 9.59 Å². The van der Waals surface area contributed by atoms with Gasteiger partial charge in [0.2, 0.25) is 5.91 Å². The van der Waals surface area contributed by atoms with Crippen LogP contribution in [0.4, 0.5) is 19.3 Å². The molecule has 0 aromatic heterocycles. The van der Waals surface area contributed by atoms with Crippen molar-refractivity contribution in [3.8, 4) is 11.8 Å². The van der Waals surface area contributed by atoms with Gasteiger partial charge >= 0.3 is 6.03 Å². The molecule has 1 heterocycles. The zero-order valence-corrected chi connectivity index (χ0v) is 17.1. The van der Waals surface area contributed by atoms with Crippen LogP contribution in [0.25, 0.3) is 0 Å². The van der Waals surface area contributed by atoms with E-state index in [-0.39, 0.29) is 25.1 Å². The van der Waals surface area contributed by atoms with Crippen molar-refractivity contribution in [2.24, 2.45) is 0 Å². The first-order valence-corrected chi connectivity index (χ1v) is 9.61. The standard InChI is InChI=1S/C23H21F2N3O3/c1-23(10-13-29)21(30)26-11-12-28(23)22(31)27(2)20-18(24)14-17(15-19(20)25)9-8-16-6-4-3-5-7-16/h3-7,13-15H,10-12H2,1-2H3,(H,26,30). The summed E-state index contributed by atoms with van der Waals surface area (Å²) in [5.74, 6) is 3.09. The first-order valence-electron chi connectivity index (χ1n) is 9.61. The fourth-order valence-electron chi connectivity index (χ4n) is 3.41. The summed E-state index contributed by atoms with van der Waals surface area (Å²) >= 11 is 0. The predicted octanol–water partition coefficient (Wildman–Crippen LogP) is 2.70. The number of halogens is 2. The molecule has 8 heteroatoms. The number of anilines is 1. The van der Waals surface area contributed by atoms with Gasteiger partial charge in [-0.15, -0.1) is 0 Å². The zero-order chi connectivity index (χ0) is 22.6. The lowest BCUT2D eigenvalue weighted by Crippen LogP contribution is -2.66. The van der Waals surface area contributed by atoms with E-state index < -0.39 is 34.8 Å². The fraction of sp³-hybridized carbons (Fsp3) is 0.261. The Hall–Kier alpha value is -3.73. The van der Waals surface area contributed by atoms with E-state index in [1.807, 2.05) is 6.07 Å². The molecule has 1 aliphatic heterocycles. The Morgan fingerprint density at radius 3 is 2.42 bits per heavy atom. The number of aldehydes is 1. The van der Waals surface area contributed by atoms with Crippen LogP contribution in [0.2, 0.25) is 0 Å². The first kappa shape index (κ1) is 22.0. The summed E-state index contributed by atoms with van der Waals surface area (Å²) in [6.07, 6.45) is 0.296. The van der Waals surface area contributed by atoms with E-state index >= 15 is 0 Å². The zero-order valence-electron chi connectivity index (χ0n) is 17.1. The first-order chi connectivity index (χ1) is 14.8. The number of benzene rings is 2. The monoisotopic (exact) mass is 425 g/mol. The maximum Gasteiger partial charge on any atom is 0.325 e. The maximum atomic E-state index is 14.8. The average Bonchev–Trinajstić information content (AvgIpc) is 2.74. The van der Waals surface area contributed by atoms with E-state index in [4.69, 9.17) is 0 Å². The molecule has 3 rings (SSSR count). The molecule has 1 N–H and O–H groups in total. The van der Waals surface area contributed by atoms with Crippen LogP contribution >= 0.6 is 0 Å². The second kappa shape index (κ2) is 8.96. The van der Waals surface area contributed by atoms with E-state index in [1.54, 1.807) is 24.3 Å². The molecule has 0 aliphatic carbocycles. The van der Waals surface area contributed by atoms with Crippen LogP contribution in [0.15, 0.2) is 42.5 Å². The van der Waals surface area contributed by atoms with E-state index in [2.05, 4.69) is 17.2 Å². The highest BCUT2D eigenvalue weighted by atomic mass is 19.1. The Morgan fingerprint density at radius 1 is 1.19 bits per heavy atom. The lowest BCUT2D eigenvalue weighted by molar-refractivity contribution is -0.136. The Kier molecular flexibility index (Phi) is 6.35. The molecule has 1 saturated heterocycles. The van der Waals surface area contributed by atoms with E-state index in [0.717, 1.165) is 21.9 Å². The average molecular weight is 425 g/mol.